The standard InChI is InChI=1S/C12H6BrCl2FN2O/c13-6-4-9(11(15)17-5-6)18-12(19)7-2-1-3-8(16)10(7)14/h1-5H,(H,18,19). The van der Waals surface area contributed by atoms with Gasteiger partial charge >= 0.3 is 0 Å². The molecule has 7 heteroatoms. The van der Waals surface area contributed by atoms with Gasteiger partial charge in [-0.1, -0.05) is 29.3 Å². The maximum Gasteiger partial charge on any atom is 0.257 e. The third kappa shape index (κ3) is 3.23. The molecule has 0 radical (unpaired) electrons. The zero-order valence-electron chi connectivity index (χ0n) is 9.25. The Balaban J connectivity index is 2.31. The molecular formula is C12H6BrCl2FN2O. The minimum absolute atomic E-state index is 0.0257. The van der Waals surface area contributed by atoms with Crippen molar-refractivity contribution in [3.05, 3.63) is 56.5 Å². The molecule has 19 heavy (non-hydrogen) atoms. The number of nitrogens with zero attached hydrogens (tertiary/aromatic N) is 1. The van der Waals surface area contributed by atoms with Crippen LogP contribution in [0.5, 0.6) is 0 Å². The normalized spacial score (nSPS) is 10.3. The van der Waals surface area contributed by atoms with E-state index in [1.807, 2.05) is 0 Å². The van der Waals surface area contributed by atoms with Gasteiger partial charge in [0.2, 0.25) is 0 Å². The molecule has 0 saturated carbocycles. The van der Waals surface area contributed by atoms with Gasteiger partial charge in [0.05, 0.1) is 16.3 Å². The molecule has 0 fully saturated rings. The van der Waals surface area contributed by atoms with E-state index in [2.05, 4.69) is 26.2 Å². The fourth-order valence-electron chi connectivity index (χ4n) is 1.38. The lowest BCUT2D eigenvalue weighted by Gasteiger charge is -2.08. The maximum atomic E-state index is 13.3. The minimum Gasteiger partial charge on any atom is -0.319 e. The number of pyridine rings is 1. The van der Waals surface area contributed by atoms with Crippen molar-refractivity contribution in [2.45, 2.75) is 0 Å². The Hall–Kier alpha value is -1.17. The third-order valence-electron chi connectivity index (χ3n) is 2.25. The molecule has 0 unspecified atom stereocenters. The lowest BCUT2D eigenvalue weighted by Crippen LogP contribution is -2.13. The van der Waals surface area contributed by atoms with Crippen molar-refractivity contribution in [1.29, 1.82) is 0 Å². The maximum absolute atomic E-state index is 13.3. The number of halogens is 4. The molecule has 0 saturated heterocycles. The smallest absolute Gasteiger partial charge is 0.257 e. The van der Waals surface area contributed by atoms with Crippen molar-refractivity contribution in [1.82, 2.24) is 4.98 Å². The minimum atomic E-state index is -0.659. The Kier molecular flexibility index (Phi) is 4.39. The van der Waals surface area contributed by atoms with E-state index in [0.717, 1.165) is 0 Å². The monoisotopic (exact) mass is 362 g/mol. The highest BCUT2D eigenvalue weighted by Crippen LogP contribution is 2.25. The molecule has 98 valence electrons. The zero-order valence-corrected chi connectivity index (χ0v) is 12.4. The number of anilines is 1. The van der Waals surface area contributed by atoms with Gasteiger partial charge < -0.3 is 5.32 Å². The van der Waals surface area contributed by atoms with Crippen molar-refractivity contribution in [2.24, 2.45) is 0 Å². The molecule has 2 rings (SSSR count). The van der Waals surface area contributed by atoms with Crippen molar-refractivity contribution in [3.63, 3.8) is 0 Å². The summed E-state index contributed by atoms with van der Waals surface area (Å²) in [7, 11) is 0. The molecule has 1 amide bonds. The van der Waals surface area contributed by atoms with Crippen LogP contribution in [0.25, 0.3) is 0 Å². The van der Waals surface area contributed by atoms with Crippen LogP contribution in [0.2, 0.25) is 10.2 Å². The summed E-state index contributed by atoms with van der Waals surface area (Å²) in [6.07, 6.45) is 1.49. The molecule has 1 heterocycles. The Labute approximate surface area is 126 Å². The summed E-state index contributed by atoms with van der Waals surface area (Å²) in [6, 6.07) is 5.57. The van der Waals surface area contributed by atoms with Gasteiger partial charge in [-0.15, -0.1) is 0 Å². The quantitative estimate of drug-likeness (QED) is 0.795. The highest BCUT2D eigenvalue weighted by Gasteiger charge is 2.15. The van der Waals surface area contributed by atoms with Crippen LogP contribution in [0.1, 0.15) is 10.4 Å². The number of hydrogen-bond donors (Lipinski definition) is 1. The second-order valence-electron chi connectivity index (χ2n) is 3.55. The Morgan fingerprint density at radius 1 is 1.37 bits per heavy atom. The second-order valence-corrected chi connectivity index (χ2v) is 5.20. The molecule has 2 aromatic rings. The van der Waals surface area contributed by atoms with Gasteiger partial charge in [-0.05, 0) is 34.1 Å². The largest absolute Gasteiger partial charge is 0.319 e. The van der Waals surface area contributed by atoms with E-state index in [4.69, 9.17) is 23.2 Å². The van der Waals surface area contributed by atoms with Gasteiger partial charge in [0.1, 0.15) is 5.82 Å². The van der Waals surface area contributed by atoms with Crippen LogP contribution in [-0.4, -0.2) is 10.9 Å². The number of rotatable bonds is 2. The van der Waals surface area contributed by atoms with Crippen LogP contribution >= 0.6 is 39.1 Å². The summed E-state index contributed by atoms with van der Waals surface area (Å²) in [5, 5.41) is 2.41. The summed E-state index contributed by atoms with van der Waals surface area (Å²) < 4.78 is 13.9. The molecule has 0 aliphatic rings. The van der Waals surface area contributed by atoms with Crippen molar-refractivity contribution >= 4 is 50.7 Å². The molecule has 3 nitrogen and oxygen atoms in total. The number of benzene rings is 1. The summed E-state index contributed by atoms with van der Waals surface area (Å²) in [4.78, 5) is 15.8. The Morgan fingerprint density at radius 3 is 2.84 bits per heavy atom. The van der Waals surface area contributed by atoms with Crippen molar-refractivity contribution in [2.75, 3.05) is 5.32 Å². The predicted molar refractivity (Wildman–Crippen MR) is 76.3 cm³/mol. The van der Waals surface area contributed by atoms with Crippen molar-refractivity contribution < 1.29 is 9.18 Å². The van der Waals surface area contributed by atoms with Crippen LogP contribution in [0, 0.1) is 5.82 Å². The fraction of sp³-hybridized carbons (Fsp3) is 0. The van der Waals surface area contributed by atoms with Crippen LogP contribution < -0.4 is 5.32 Å². The van der Waals surface area contributed by atoms with Crippen LogP contribution in [0.15, 0.2) is 34.9 Å². The van der Waals surface area contributed by atoms with Crippen LogP contribution in [-0.2, 0) is 0 Å². The van der Waals surface area contributed by atoms with Gasteiger partial charge in [0.25, 0.3) is 5.91 Å². The lowest BCUT2D eigenvalue weighted by molar-refractivity contribution is 0.102. The highest BCUT2D eigenvalue weighted by molar-refractivity contribution is 9.10. The average molecular weight is 364 g/mol. The number of amides is 1. The number of carbonyl (C=O) groups excluding carboxylic acids is 1. The molecule has 1 aromatic heterocycles. The fourth-order valence-corrected chi connectivity index (χ4v) is 2.07. The van der Waals surface area contributed by atoms with E-state index in [-0.39, 0.29) is 15.7 Å². The first-order valence-corrected chi connectivity index (χ1v) is 6.60. The summed E-state index contributed by atoms with van der Waals surface area (Å²) in [6.45, 7) is 0. The topological polar surface area (TPSA) is 42.0 Å². The van der Waals surface area contributed by atoms with Gasteiger partial charge in [-0.2, -0.15) is 0 Å². The van der Waals surface area contributed by atoms with E-state index in [9.17, 15) is 9.18 Å². The summed E-state index contributed by atoms with van der Waals surface area (Å²) in [5.74, 6) is -1.22. The summed E-state index contributed by atoms with van der Waals surface area (Å²) >= 11 is 14.8. The molecule has 0 aliphatic heterocycles. The molecule has 0 bridgehead atoms. The first-order chi connectivity index (χ1) is 8.99. The summed E-state index contributed by atoms with van der Waals surface area (Å²) in [5.41, 5.74) is 0.332. The molecule has 0 aliphatic carbocycles. The van der Waals surface area contributed by atoms with E-state index in [0.29, 0.717) is 10.2 Å². The van der Waals surface area contributed by atoms with E-state index >= 15 is 0 Å². The first-order valence-electron chi connectivity index (χ1n) is 5.05. The van der Waals surface area contributed by atoms with E-state index < -0.39 is 11.7 Å². The predicted octanol–water partition coefficient (Wildman–Crippen LogP) is 4.54. The second kappa shape index (κ2) is 5.86. The number of carbonyl (C=O) groups is 1. The van der Waals surface area contributed by atoms with E-state index in [1.165, 1.54) is 24.4 Å². The molecular weight excluding hydrogens is 358 g/mol. The van der Waals surface area contributed by atoms with Gasteiger partial charge in [-0.3, -0.25) is 4.79 Å². The van der Waals surface area contributed by atoms with Crippen LogP contribution in [0.3, 0.4) is 0 Å². The van der Waals surface area contributed by atoms with Crippen LogP contribution in [0.4, 0.5) is 10.1 Å². The molecule has 0 spiro atoms. The molecule has 0 atom stereocenters. The number of aromatic nitrogens is 1. The average Bonchev–Trinajstić information content (AvgIpc) is 2.37. The zero-order chi connectivity index (χ0) is 14.0. The van der Waals surface area contributed by atoms with Gasteiger partial charge in [-0.25, -0.2) is 9.37 Å². The number of nitrogens with one attached hydrogen (secondary N) is 1. The number of hydrogen-bond acceptors (Lipinski definition) is 2. The van der Waals surface area contributed by atoms with Gasteiger partial charge in [0.15, 0.2) is 5.15 Å². The Morgan fingerprint density at radius 2 is 2.11 bits per heavy atom. The SMILES string of the molecule is O=C(Nc1cc(Br)cnc1Cl)c1cccc(F)c1Cl. The van der Waals surface area contributed by atoms with Crippen molar-refractivity contribution in [3.8, 4) is 0 Å². The Bertz CT molecular complexity index is 652. The highest BCUT2D eigenvalue weighted by atomic mass is 79.9. The van der Waals surface area contributed by atoms with Gasteiger partial charge in [0, 0.05) is 10.7 Å². The molecule has 1 N–H and O–H groups in total. The lowest BCUT2D eigenvalue weighted by atomic mass is 10.2. The first kappa shape index (κ1) is 14.2. The molecule has 1 aromatic carbocycles. The third-order valence-corrected chi connectivity index (χ3v) is 3.37. The van der Waals surface area contributed by atoms with E-state index in [1.54, 1.807) is 6.07 Å².